The van der Waals surface area contributed by atoms with Gasteiger partial charge in [-0.25, -0.2) is 18.7 Å². The van der Waals surface area contributed by atoms with Gasteiger partial charge in [-0.15, -0.1) is 0 Å². The van der Waals surface area contributed by atoms with E-state index < -0.39 is 11.6 Å². The van der Waals surface area contributed by atoms with Gasteiger partial charge in [0.15, 0.2) is 0 Å². The molecule has 0 spiro atoms. The van der Waals surface area contributed by atoms with E-state index in [1.807, 2.05) is 4.90 Å². The third-order valence-corrected chi connectivity index (χ3v) is 4.07. The largest absolute Gasteiger partial charge is 0.380 e. The molecule has 1 N–H and O–H groups in total. The number of aromatic nitrogens is 2. The van der Waals surface area contributed by atoms with Crippen LogP contribution in [0.15, 0.2) is 36.7 Å². The first-order valence-electron chi connectivity index (χ1n) is 8.13. The quantitative estimate of drug-likeness (QED) is 0.895. The smallest absolute Gasteiger partial charge is 0.225 e. The number of hydrogen-bond acceptors (Lipinski definition) is 5. The number of carbonyl (C=O) groups is 1. The lowest BCUT2D eigenvalue weighted by molar-refractivity contribution is -0.131. The van der Waals surface area contributed by atoms with Crippen molar-refractivity contribution >= 4 is 17.5 Å². The fraction of sp³-hybridized carbons (Fsp3) is 0.353. The molecule has 0 aliphatic carbocycles. The number of piperazine rings is 1. The Morgan fingerprint density at radius 2 is 1.68 bits per heavy atom. The highest BCUT2D eigenvalue weighted by molar-refractivity contribution is 5.77. The number of nitrogens with one attached hydrogen (secondary N) is 1. The van der Waals surface area contributed by atoms with Crippen LogP contribution in [0.25, 0.3) is 0 Å². The third-order valence-electron chi connectivity index (χ3n) is 4.07. The molecule has 0 unspecified atom stereocenters. The van der Waals surface area contributed by atoms with Crippen molar-refractivity contribution in [2.24, 2.45) is 0 Å². The number of nitrogens with zero attached hydrogens (tertiary/aromatic N) is 4. The molecule has 1 aliphatic heterocycles. The molecule has 2 aromatic rings. The van der Waals surface area contributed by atoms with Gasteiger partial charge in [0, 0.05) is 51.5 Å². The average molecular weight is 347 g/mol. The SMILES string of the molecule is O=C(CCNc1c(F)cccc1F)N1CCN(c2ncccn2)CC1. The number of benzene rings is 1. The van der Waals surface area contributed by atoms with Crippen LogP contribution in [-0.4, -0.2) is 53.5 Å². The molecule has 0 bridgehead atoms. The van der Waals surface area contributed by atoms with Gasteiger partial charge in [0.2, 0.25) is 11.9 Å². The van der Waals surface area contributed by atoms with Crippen LogP contribution in [0.5, 0.6) is 0 Å². The molecule has 0 saturated carbocycles. The summed E-state index contributed by atoms with van der Waals surface area (Å²) in [5.41, 5.74) is -0.193. The van der Waals surface area contributed by atoms with E-state index >= 15 is 0 Å². The molecular weight excluding hydrogens is 328 g/mol. The third kappa shape index (κ3) is 4.20. The molecule has 132 valence electrons. The lowest BCUT2D eigenvalue weighted by atomic mass is 10.2. The Balaban J connectivity index is 1.45. The lowest BCUT2D eigenvalue weighted by Crippen LogP contribution is -2.49. The molecule has 8 heteroatoms. The maximum Gasteiger partial charge on any atom is 0.225 e. The Kier molecular flexibility index (Phi) is 5.37. The van der Waals surface area contributed by atoms with Crippen molar-refractivity contribution < 1.29 is 13.6 Å². The van der Waals surface area contributed by atoms with E-state index in [1.165, 1.54) is 18.2 Å². The van der Waals surface area contributed by atoms with Crippen LogP contribution >= 0.6 is 0 Å². The number of para-hydroxylation sites is 1. The van der Waals surface area contributed by atoms with Crippen molar-refractivity contribution in [2.75, 3.05) is 42.9 Å². The van der Waals surface area contributed by atoms with Crippen LogP contribution in [-0.2, 0) is 4.79 Å². The fourth-order valence-electron chi connectivity index (χ4n) is 2.73. The highest BCUT2D eigenvalue weighted by Crippen LogP contribution is 2.18. The lowest BCUT2D eigenvalue weighted by Gasteiger charge is -2.34. The van der Waals surface area contributed by atoms with Crippen molar-refractivity contribution in [3.8, 4) is 0 Å². The van der Waals surface area contributed by atoms with Crippen LogP contribution < -0.4 is 10.2 Å². The zero-order chi connectivity index (χ0) is 17.6. The van der Waals surface area contributed by atoms with E-state index in [-0.39, 0.29) is 24.6 Å². The van der Waals surface area contributed by atoms with E-state index in [2.05, 4.69) is 15.3 Å². The summed E-state index contributed by atoms with van der Waals surface area (Å²) in [4.78, 5) is 24.4. The van der Waals surface area contributed by atoms with Gasteiger partial charge in [-0.1, -0.05) is 6.07 Å². The fourth-order valence-corrected chi connectivity index (χ4v) is 2.73. The molecular formula is C17H19F2N5O. The summed E-state index contributed by atoms with van der Waals surface area (Å²) in [5.74, 6) is -0.711. The molecule has 3 rings (SSSR count). The minimum atomic E-state index is -0.663. The van der Waals surface area contributed by atoms with Gasteiger partial charge < -0.3 is 15.1 Å². The standard InChI is InChI=1S/C17H19F2N5O/c18-13-3-1-4-14(19)16(13)20-8-5-15(25)23-9-11-24(12-10-23)17-21-6-2-7-22-17/h1-4,6-7,20H,5,8-12H2. The summed E-state index contributed by atoms with van der Waals surface area (Å²) in [6.45, 7) is 2.64. The van der Waals surface area contributed by atoms with Crippen LogP contribution in [0, 0.1) is 11.6 Å². The molecule has 1 saturated heterocycles. The predicted molar refractivity (Wildman–Crippen MR) is 90.3 cm³/mol. The van der Waals surface area contributed by atoms with E-state index in [1.54, 1.807) is 23.4 Å². The molecule has 1 amide bonds. The Morgan fingerprint density at radius 3 is 2.32 bits per heavy atom. The zero-order valence-electron chi connectivity index (χ0n) is 13.7. The summed E-state index contributed by atoms with van der Waals surface area (Å²) < 4.78 is 27.0. The predicted octanol–water partition coefficient (Wildman–Crippen LogP) is 1.91. The minimum absolute atomic E-state index is 0.0436. The first kappa shape index (κ1) is 17.1. The summed E-state index contributed by atoms with van der Waals surface area (Å²) in [7, 11) is 0. The first-order chi connectivity index (χ1) is 12.1. The average Bonchev–Trinajstić information content (AvgIpc) is 2.65. The van der Waals surface area contributed by atoms with Gasteiger partial charge >= 0.3 is 0 Å². The van der Waals surface area contributed by atoms with E-state index in [0.29, 0.717) is 32.1 Å². The maximum absolute atomic E-state index is 13.5. The molecule has 1 fully saturated rings. The number of amides is 1. The second-order valence-corrected chi connectivity index (χ2v) is 5.69. The minimum Gasteiger partial charge on any atom is -0.380 e. The Morgan fingerprint density at radius 1 is 1.04 bits per heavy atom. The van der Waals surface area contributed by atoms with Gasteiger partial charge in [0.25, 0.3) is 0 Å². The highest BCUT2D eigenvalue weighted by atomic mass is 19.1. The van der Waals surface area contributed by atoms with Crippen molar-refractivity contribution in [3.63, 3.8) is 0 Å². The van der Waals surface area contributed by atoms with Crippen molar-refractivity contribution in [3.05, 3.63) is 48.3 Å². The number of halogens is 2. The summed E-state index contributed by atoms with van der Waals surface area (Å²) in [5, 5.41) is 2.66. The number of rotatable bonds is 5. The molecule has 0 atom stereocenters. The number of hydrogen-bond donors (Lipinski definition) is 1. The molecule has 0 radical (unpaired) electrons. The number of carbonyl (C=O) groups excluding carboxylic acids is 1. The Bertz CT molecular complexity index is 700. The van der Waals surface area contributed by atoms with Gasteiger partial charge in [-0.05, 0) is 18.2 Å². The maximum atomic E-state index is 13.5. The molecule has 6 nitrogen and oxygen atoms in total. The van der Waals surface area contributed by atoms with Crippen LogP contribution in [0.4, 0.5) is 20.4 Å². The molecule has 1 aromatic heterocycles. The zero-order valence-corrected chi connectivity index (χ0v) is 13.7. The first-order valence-corrected chi connectivity index (χ1v) is 8.13. The van der Waals surface area contributed by atoms with E-state index in [9.17, 15) is 13.6 Å². The molecule has 2 heterocycles. The van der Waals surface area contributed by atoms with Crippen molar-refractivity contribution in [2.45, 2.75) is 6.42 Å². The van der Waals surface area contributed by atoms with Gasteiger partial charge in [-0.2, -0.15) is 0 Å². The summed E-state index contributed by atoms with van der Waals surface area (Å²) in [6.07, 6.45) is 3.55. The second kappa shape index (κ2) is 7.87. The van der Waals surface area contributed by atoms with Crippen LogP contribution in [0.2, 0.25) is 0 Å². The van der Waals surface area contributed by atoms with Crippen LogP contribution in [0.1, 0.15) is 6.42 Å². The Hall–Kier alpha value is -2.77. The van der Waals surface area contributed by atoms with Gasteiger partial charge in [0.05, 0.1) is 0 Å². The highest BCUT2D eigenvalue weighted by Gasteiger charge is 2.22. The normalized spacial score (nSPS) is 14.5. The molecule has 25 heavy (non-hydrogen) atoms. The van der Waals surface area contributed by atoms with Crippen molar-refractivity contribution in [1.29, 1.82) is 0 Å². The van der Waals surface area contributed by atoms with Gasteiger partial charge in [0.1, 0.15) is 17.3 Å². The topological polar surface area (TPSA) is 61.4 Å². The number of anilines is 2. The van der Waals surface area contributed by atoms with Crippen molar-refractivity contribution in [1.82, 2.24) is 14.9 Å². The monoisotopic (exact) mass is 347 g/mol. The molecule has 1 aliphatic rings. The van der Waals surface area contributed by atoms with Gasteiger partial charge in [-0.3, -0.25) is 4.79 Å². The Labute approximate surface area is 144 Å². The second-order valence-electron chi connectivity index (χ2n) is 5.69. The summed E-state index contributed by atoms with van der Waals surface area (Å²) in [6, 6.07) is 5.42. The van der Waals surface area contributed by atoms with Crippen LogP contribution in [0.3, 0.4) is 0 Å². The van der Waals surface area contributed by atoms with E-state index in [4.69, 9.17) is 0 Å². The van der Waals surface area contributed by atoms with E-state index in [0.717, 1.165) is 0 Å². The molecule has 1 aromatic carbocycles. The summed E-state index contributed by atoms with van der Waals surface area (Å²) >= 11 is 0.